The Labute approximate surface area is 233 Å². The molecular weight excluding hydrogens is 491 g/mol. The second-order valence-corrected chi connectivity index (χ2v) is 10.4. The van der Waals surface area contributed by atoms with Gasteiger partial charge in [-0.05, 0) is 91.0 Å². The molecule has 5 nitrogen and oxygen atoms in total. The monoisotopic (exact) mass is 534 g/mol. The Kier molecular flexibility index (Phi) is 11.0. The molecule has 1 atom stereocenters. The summed E-state index contributed by atoms with van der Waals surface area (Å²) in [4.78, 5) is 4.77. The van der Waals surface area contributed by atoms with E-state index < -0.39 is 0 Å². The molecule has 1 unspecified atom stereocenters. The summed E-state index contributed by atoms with van der Waals surface area (Å²) in [5.41, 5.74) is 4.59. The molecule has 210 valence electrons. The molecule has 0 saturated carbocycles. The lowest BCUT2D eigenvalue weighted by molar-refractivity contribution is 0.133. The highest BCUT2D eigenvalue weighted by molar-refractivity contribution is 5.53. The predicted molar refractivity (Wildman–Crippen MR) is 156 cm³/mol. The van der Waals surface area contributed by atoms with Gasteiger partial charge in [-0.1, -0.05) is 44.4 Å². The molecule has 3 aromatic rings. The number of unbranched alkanes of at least 4 members (excludes halogenated alkanes) is 3. The van der Waals surface area contributed by atoms with Crippen molar-refractivity contribution in [2.24, 2.45) is 0 Å². The number of hydrogen-bond donors (Lipinski definition) is 1. The van der Waals surface area contributed by atoms with Crippen molar-refractivity contribution in [3.63, 3.8) is 0 Å². The first-order chi connectivity index (χ1) is 19.1. The molecule has 39 heavy (non-hydrogen) atoms. The van der Waals surface area contributed by atoms with Crippen molar-refractivity contribution in [2.75, 3.05) is 51.4 Å². The first-order valence-corrected chi connectivity index (χ1v) is 14.3. The zero-order valence-corrected chi connectivity index (χ0v) is 23.4. The number of rotatable bonds is 15. The van der Waals surface area contributed by atoms with Crippen LogP contribution in [-0.4, -0.2) is 56.5 Å². The van der Waals surface area contributed by atoms with E-state index in [0.29, 0.717) is 12.4 Å². The molecule has 6 heteroatoms. The van der Waals surface area contributed by atoms with Crippen molar-refractivity contribution < 1.29 is 19.0 Å². The molecule has 0 radical (unpaired) electrons. The molecule has 1 N–H and O–H groups in total. The van der Waals surface area contributed by atoms with E-state index in [1.54, 1.807) is 13.2 Å². The lowest BCUT2D eigenvalue weighted by atomic mass is 9.88. The summed E-state index contributed by atoms with van der Waals surface area (Å²) in [5.74, 6) is 0.943. The van der Waals surface area contributed by atoms with Gasteiger partial charge in [0, 0.05) is 32.4 Å². The zero-order valence-electron chi connectivity index (χ0n) is 23.4. The van der Waals surface area contributed by atoms with Crippen molar-refractivity contribution in [2.45, 2.75) is 51.5 Å². The molecule has 0 saturated heterocycles. The third kappa shape index (κ3) is 8.45. The maximum absolute atomic E-state index is 13.6. The average molecular weight is 535 g/mol. The van der Waals surface area contributed by atoms with Gasteiger partial charge >= 0.3 is 0 Å². The van der Waals surface area contributed by atoms with Gasteiger partial charge in [-0.2, -0.15) is 0 Å². The summed E-state index contributed by atoms with van der Waals surface area (Å²) in [6.07, 6.45) is 6.66. The first kappa shape index (κ1) is 28.9. The molecule has 0 bridgehead atoms. The summed E-state index contributed by atoms with van der Waals surface area (Å²) in [6, 6.07) is 20.9. The fraction of sp³-hybridized carbons (Fsp3) is 0.455. The van der Waals surface area contributed by atoms with Gasteiger partial charge in [0.1, 0.15) is 23.9 Å². The van der Waals surface area contributed by atoms with Gasteiger partial charge in [0.15, 0.2) is 0 Å². The van der Waals surface area contributed by atoms with Gasteiger partial charge in [-0.25, -0.2) is 4.39 Å². The molecule has 4 rings (SSSR count). The average Bonchev–Trinajstić information content (AvgIpc) is 2.95. The van der Waals surface area contributed by atoms with Crippen LogP contribution in [0.2, 0.25) is 0 Å². The van der Waals surface area contributed by atoms with Crippen molar-refractivity contribution in [1.82, 2.24) is 4.90 Å². The number of aromatic hydroxyl groups is 1. The largest absolute Gasteiger partial charge is 0.508 e. The summed E-state index contributed by atoms with van der Waals surface area (Å²) >= 11 is 0. The van der Waals surface area contributed by atoms with Crippen molar-refractivity contribution >= 4 is 5.69 Å². The number of nitrogens with zero attached hydrogens (tertiary/aromatic N) is 2. The zero-order chi connectivity index (χ0) is 27.5. The molecular formula is C33H43FN2O3. The standard InChI is InChI=1S/C33H43FN2O3/c1-3-4-5-6-18-35(20-22-38-2)21-23-39-31-14-7-26(8-15-31)24-33-32-16-13-30(37)25-27(32)17-19-36(33)29-11-9-28(34)10-12-29/h7-16,25,33,37H,3-6,17-24H2,1-2H3. The van der Waals surface area contributed by atoms with Crippen LogP contribution >= 0.6 is 0 Å². The molecule has 1 heterocycles. The Hall–Kier alpha value is -3.09. The number of phenolic OH excluding ortho intramolecular Hbond substituents is 1. The van der Waals surface area contributed by atoms with Gasteiger partial charge in [-0.15, -0.1) is 0 Å². The Morgan fingerprint density at radius 3 is 2.44 bits per heavy atom. The summed E-state index contributed by atoms with van der Waals surface area (Å²) in [7, 11) is 1.75. The Morgan fingerprint density at radius 1 is 0.923 bits per heavy atom. The minimum absolute atomic E-state index is 0.0913. The van der Waals surface area contributed by atoms with Crippen LogP contribution in [0.4, 0.5) is 10.1 Å². The minimum Gasteiger partial charge on any atom is -0.508 e. The molecule has 0 amide bonds. The van der Waals surface area contributed by atoms with E-state index in [2.05, 4.69) is 41.0 Å². The summed E-state index contributed by atoms with van der Waals surface area (Å²) in [6.45, 7) is 7.33. The number of benzene rings is 3. The SMILES string of the molecule is CCCCCCN(CCOC)CCOc1ccc(CC2c3ccc(O)cc3CCN2c2ccc(F)cc2)cc1. The Morgan fingerprint density at radius 2 is 1.69 bits per heavy atom. The minimum atomic E-state index is -0.230. The fourth-order valence-corrected chi connectivity index (χ4v) is 5.42. The first-order valence-electron chi connectivity index (χ1n) is 14.3. The number of hydrogen-bond acceptors (Lipinski definition) is 5. The van der Waals surface area contributed by atoms with E-state index in [1.165, 1.54) is 54.5 Å². The van der Waals surface area contributed by atoms with E-state index in [9.17, 15) is 9.50 Å². The number of methoxy groups -OCH3 is 1. The molecule has 1 aliphatic rings. The Bertz CT molecular complexity index is 1140. The van der Waals surface area contributed by atoms with Crippen LogP contribution in [0.5, 0.6) is 11.5 Å². The highest BCUT2D eigenvalue weighted by atomic mass is 19.1. The van der Waals surface area contributed by atoms with Gasteiger partial charge in [0.25, 0.3) is 0 Å². The second-order valence-electron chi connectivity index (χ2n) is 10.4. The van der Waals surface area contributed by atoms with Gasteiger partial charge < -0.3 is 19.5 Å². The van der Waals surface area contributed by atoms with Crippen LogP contribution < -0.4 is 9.64 Å². The van der Waals surface area contributed by atoms with Gasteiger partial charge in [0.05, 0.1) is 12.6 Å². The number of ether oxygens (including phenoxy) is 2. The Balaban J connectivity index is 1.39. The molecule has 1 aliphatic heterocycles. The van der Waals surface area contributed by atoms with Crippen LogP contribution in [-0.2, 0) is 17.6 Å². The van der Waals surface area contributed by atoms with Crippen LogP contribution in [0.3, 0.4) is 0 Å². The summed E-state index contributed by atoms with van der Waals surface area (Å²) < 4.78 is 25.0. The quantitative estimate of drug-likeness (QED) is 0.218. The lowest BCUT2D eigenvalue weighted by Gasteiger charge is -2.39. The van der Waals surface area contributed by atoms with E-state index in [0.717, 1.165) is 57.1 Å². The molecule has 0 aromatic heterocycles. The highest BCUT2D eigenvalue weighted by Crippen LogP contribution is 2.37. The topological polar surface area (TPSA) is 45.2 Å². The molecule has 3 aromatic carbocycles. The van der Waals surface area contributed by atoms with Crippen molar-refractivity contribution in [3.05, 3.63) is 89.2 Å². The van der Waals surface area contributed by atoms with Gasteiger partial charge in [0.2, 0.25) is 0 Å². The van der Waals surface area contributed by atoms with Crippen molar-refractivity contribution in [1.29, 1.82) is 0 Å². The van der Waals surface area contributed by atoms with Crippen LogP contribution in [0, 0.1) is 5.82 Å². The molecule has 0 fully saturated rings. The normalized spacial score (nSPS) is 15.0. The lowest BCUT2D eigenvalue weighted by Crippen LogP contribution is -2.36. The second kappa shape index (κ2) is 14.9. The van der Waals surface area contributed by atoms with Crippen molar-refractivity contribution in [3.8, 4) is 11.5 Å². The van der Waals surface area contributed by atoms with E-state index in [1.807, 2.05) is 24.3 Å². The smallest absolute Gasteiger partial charge is 0.123 e. The molecule has 0 spiro atoms. The van der Waals surface area contributed by atoms with Crippen LogP contribution in [0.15, 0.2) is 66.7 Å². The highest BCUT2D eigenvalue weighted by Gasteiger charge is 2.28. The van der Waals surface area contributed by atoms with E-state index in [-0.39, 0.29) is 11.9 Å². The van der Waals surface area contributed by atoms with Crippen LogP contribution in [0.25, 0.3) is 0 Å². The predicted octanol–water partition coefficient (Wildman–Crippen LogP) is 6.79. The number of anilines is 1. The third-order valence-electron chi connectivity index (χ3n) is 7.61. The van der Waals surface area contributed by atoms with E-state index in [4.69, 9.17) is 9.47 Å². The fourth-order valence-electron chi connectivity index (χ4n) is 5.42. The van der Waals surface area contributed by atoms with Crippen LogP contribution in [0.1, 0.15) is 55.3 Å². The summed E-state index contributed by atoms with van der Waals surface area (Å²) in [5, 5.41) is 10.0. The third-order valence-corrected chi connectivity index (χ3v) is 7.61. The maximum Gasteiger partial charge on any atom is 0.123 e. The number of halogens is 1. The molecule has 0 aliphatic carbocycles. The maximum atomic E-state index is 13.6. The number of fused-ring (bicyclic) bond motifs is 1. The number of phenols is 1. The van der Waals surface area contributed by atoms with Gasteiger partial charge in [-0.3, -0.25) is 4.90 Å². The van der Waals surface area contributed by atoms with E-state index >= 15 is 0 Å².